The van der Waals surface area contributed by atoms with Crippen LogP contribution in [0.15, 0.2) is 47.5 Å². The summed E-state index contributed by atoms with van der Waals surface area (Å²) in [6.07, 6.45) is 0. The van der Waals surface area contributed by atoms with E-state index in [-0.39, 0.29) is 0 Å². The Kier molecular flexibility index (Phi) is 5.68. The van der Waals surface area contributed by atoms with Gasteiger partial charge >= 0.3 is 0 Å². The standard InChI is InChI=1S/C17H21N3O3/c1-21-14-6-4-5-13(10-14)20-17(18)19-11-12-7-8-15(22-2)16(9-12)23-3/h4-10H,11H2,1-3H3,(H3,18,19,20). The summed E-state index contributed by atoms with van der Waals surface area (Å²) < 4.78 is 15.6. The normalized spacial score (nSPS) is 11.0. The maximum absolute atomic E-state index is 5.91. The van der Waals surface area contributed by atoms with Crippen LogP contribution in [0.1, 0.15) is 5.56 Å². The van der Waals surface area contributed by atoms with E-state index in [1.54, 1.807) is 21.3 Å². The molecule has 0 saturated carbocycles. The summed E-state index contributed by atoms with van der Waals surface area (Å²) >= 11 is 0. The molecule has 0 amide bonds. The predicted molar refractivity (Wildman–Crippen MR) is 91.5 cm³/mol. The molecule has 0 aliphatic heterocycles. The van der Waals surface area contributed by atoms with Crippen LogP contribution < -0.4 is 25.3 Å². The van der Waals surface area contributed by atoms with E-state index < -0.39 is 0 Å². The molecule has 0 bridgehead atoms. The average molecular weight is 315 g/mol. The minimum atomic E-state index is 0.327. The highest BCUT2D eigenvalue weighted by atomic mass is 16.5. The molecule has 0 spiro atoms. The Morgan fingerprint density at radius 1 is 1.00 bits per heavy atom. The van der Waals surface area contributed by atoms with Crippen molar-refractivity contribution in [1.29, 1.82) is 0 Å². The van der Waals surface area contributed by atoms with Gasteiger partial charge in [0.05, 0.1) is 27.9 Å². The van der Waals surface area contributed by atoms with Gasteiger partial charge in [0.25, 0.3) is 0 Å². The highest BCUT2D eigenvalue weighted by molar-refractivity contribution is 5.92. The number of benzene rings is 2. The Morgan fingerprint density at radius 2 is 1.78 bits per heavy atom. The second-order valence-electron chi connectivity index (χ2n) is 4.75. The van der Waals surface area contributed by atoms with E-state index in [1.807, 2.05) is 42.5 Å². The van der Waals surface area contributed by atoms with E-state index in [1.165, 1.54) is 0 Å². The number of nitrogens with zero attached hydrogens (tertiary/aromatic N) is 1. The predicted octanol–water partition coefficient (Wildman–Crippen LogP) is 2.64. The van der Waals surface area contributed by atoms with Crippen molar-refractivity contribution in [2.45, 2.75) is 6.54 Å². The fraction of sp³-hybridized carbons (Fsp3) is 0.235. The number of nitrogens with one attached hydrogen (secondary N) is 1. The molecule has 0 atom stereocenters. The van der Waals surface area contributed by atoms with Crippen LogP contribution in [0, 0.1) is 0 Å². The third-order valence-corrected chi connectivity index (χ3v) is 3.22. The molecule has 3 N–H and O–H groups in total. The van der Waals surface area contributed by atoms with Gasteiger partial charge in [-0.15, -0.1) is 0 Å². The molecule has 122 valence electrons. The molecule has 2 aromatic carbocycles. The Bertz CT molecular complexity index is 687. The van der Waals surface area contributed by atoms with Crippen molar-refractivity contribution in [2.75, 3.05) is 26.6 Å². The second-order valence-corrected chi connectivity index (χ2v) is 4.75. The number of aliphatic imine (C=N–C) groups is 1. The number of hydrogen-bond acceptors (Lipinski definition) is 4. The smallest absolute Gasteiger partial charge is 0.193 e. The molecular weight excluding hydrogens is 294 g/mol. The molecule has 23 heavy (non-hydrogen) atoms. The Hall–Kier alpha value is -2.89. The van der Waals surface area contributed by atoms with Gasteiger partial charge in [0.2, 0.25) is 0 Å². The molecule has 2 aromatic rings. The summed E-state index contributed by atoms with van der Waals surface area (Å²) in [6, 6.07) is 13.1. The molecule has 6 heteroatoms. The molecule has 0 heterocycles. The zero-order chi connectivity index (χ0) is 16.7. The SMILES string of the molecule is COc1cccc(NC(N)=NCc2ccc(OC)c(OC)c2)c1. The lowest BCUT2D eigenvalue weighted by Crippen LogP contribution is -2.22. The van der Waals surface area contributed by atoms with Crippen LogP contribution in [-0.4, -0.2) is 27.3 Å². The van der Waals surface area contributed by atoms with Crippen LogP contribution in [0.2, 0.25) is 0 Å². The molecule has 0 aliphatic rings. The van der Waals surface area contributed by atoms with Gasteiger partial charge in [0, 0.05) is 11.8 Å². The molecule has 0 unspecified atom stereocenters. The third kappa shape index (κ3) is 4.54. The molecule has 0 fully saturated rings. The van der Waals surface area contributed by atoms with Crippen LogP contribution >= 0.6 is 0 Å². The molecule has 6 nitrogen and oxygen atoms in total. The average Bonchev–Trinajstić information content (AvgIpc) is 2.59. The van der Waals surface area contributed by atoms with Gasteiger partial charge in [0.1, 0.15) is 5.75 Å². The summed E-state index contributed by atoms with van der Waals surface area (Å²) in [5.74, 6) is 2.43. The van der Waals surface area contributed by atoms with Gasteiger partial charge in [-0.05, 0) is 29.8 Å². The van der Waals surface area contributed by atoms with Crippen molar-refractivity contribution in [1.82, 2.24) is 0 Å². The highest BCUT2D eigenvalue weighted by Gasteiger charge is 2.04. The minimum Gasteiger partial charge on any atom is -0.497 e. The van der Waals surface area contributed by atoms with Crippen molar-refractivity contribution >= 4 is 11.6 Å². The molecule has 0 aliphatic carbocycles. The summed E-state index contributed by atoms with van der Waals surface area (Å²) in [4.78, 5) is 4.32. The zero-order valence-corrected chi connectivity index (χ0v) is 13.5. The van der Waals surface area contributed by atoms with Crippen molar-refractivity contribution in [3.05, 3.63) is 48.0 Å². The van der Waals surface area contributed by atoms with Gasteiger partial charge in [-0.2, -0.15) is 0 Å². The van der Waals surface area contributed by atoms with Crippen molar-refractivity contribution in [2.24, 2.45) is 10.7 Å². The van der Waals surface area contributed by atoms with Gasteiger partial charge in [-0.3, -0.25) is 0 Å². The van der Waals surface area contributed by atoms with Gasteiger partial charge in [-0.25, -0.2) is 4.99 Å². The van der Waals surface area contributed by atoms with E-state index in [0.29, 0.717) is 24.0 Å². The topological polar surface area (TPSA) is 78.1 Å². The summed E-state index contributed by atoms with van der Waals surface area (Å²) in [5, 5.41) is 3.03. The molecule has 2 rings (SSSR count). The summed E-state index contributed by atoms with van der Waals surface area (Å²) in [6.45, 7) is 0.434. The second kappa shape index (κ2) is 7.93. The van der Waals surface area contributed by atoms with Gasteiger partial charge < -0.3 is 25.3 Å². The first kappa shape index (κ1) is 16.5. The number of guanidine groups is 1. The van der Waals surface area contributed by atoms with Crippen LogP contribution in [0.3, 0.4) is 0 Å². The van der Waals surface area contributed by atoms with Crippen molar-refractivity contribution in [3.8, 4) is 17.2 Å². The Morgan fingerprint density at radius 3 is 2.48 bits per heavy atom. The maximum atomic E-state index is 5.91. The molecule has 0 saturated heterocycles. The highest BCUT2D eigenvalue weighted by Crippen LogP contribution is 2.27. The van der Waals surface area contributed by atoms with Crippen LogP contribution in [0.25, 0.3) is 0 Å². The number of rotatable bonds is 6. The zero-order valence-electron chi connectivity index (χ0n) is 13.5. The monoisotopic (exact) mass is 315 g/mol. The van der Waals surface area contributed by atoms with E-state index >= 15 is 0 Å². The number of methoxy groups -OCH3 is 3. The number of hydrogen-bond donors (Lipinski definition) is 2. The fourth-order valence-corrected chi connectivity index (χ4v) is 2.04. The lowest BCUT2D eigenvalue weighted by Gasteiger charge is -2.09. The largest absolute Gasteiger partial charge is 0.497 e. The van der Waals surface area contributed by atoms with E-state index in [4.69, 9.17) is 19.9 Å². The lowest BCUT2D eigenvalue weighted by atomic mass is 10.2. The Labute approximate surface area is 135 Å². The minimum absolute atomic E-state index is 0.327. The number of nitrogens with two attached hydrogens (primary N) is 1. The number of anilines is 1. The van der Waals surface area contributed by atoms with Crippen LogP contribution in [0.4, 0.5) is 5.69 Å². The van der Waals surface area contributed by atoms with Crippen LogP contribution in [-0.2, 0) is 6.54 Å². The van der Waals surface area contributed by atoms with Crippen molar-refractivity contribution < 1.29 is 14.2 Å². The Balaban J connectivity index is 2.04. The lowest BCUT2D eigenvalue weighted by molar-refractivity contribution is 0.354. The van der Waals surface area contributed by atoms with Crippen molar-refractivity contribution in [3.63, 3.8) is 0 Å². The fourth-order valence-electron chi connectivity index (χ4n) is 2.04. The quantitative estimate of drug-likeness (QED) is 0.633. The van der Waals surface area contributed by atoms with E-state index in [9.17, 15) is 0 Å². The number of ether oxygens (including phenoxy) is 3. The van der Waals surface area contributed by atoms with Crippen LogP contribution in [0.5, 0.6) is 17.2 Å². The van der Waals surface area contributed by atoms with Gasteiger partial charge in [0.15, 0.2) is 17.5 Å². The maximum Gasteiger partial charge on any atom is 0.193 e. The summed E-state index contributed by atoms with van der Waals surface area (Å²) in [7, 11) is 4.82. The summed E-state index contributed by atoms with van der Waals surface area (Å²) in [5.41, 5.74) is 7.70. The third-order valence-electron chi connectivity index (χ3n) is 3.22. The first-order chi connectivity index (χ1) is 11.2. The first-order valence-corrected chi connectivity index (χ1v) is 7.08. The van der Waals surface area contributed by atoms with E-state index in [2.05, 4.69) is 10.3 Å². The molecular formula is C17H21N3O3. The molecule has 0 radical (unpaired) electrons. The van der Waals surface area contributed by atoms with Gasteiger partial charge in [-0.1, -0.05) is 12.1 Å². The first-order valence-electron chi connectivity index (χ1n) is 7.08. The van der Waals surface area contributed by atoms with E-state index in [0.717, 1.165) is 17.0 Å². The molecule has 0 aromatic heterocycles.